The van der Waals surface area contributed by atoms with Crippen LogP contribution in [0.2, 0.25) is 5.02 Å². The summed E-state index contributed by atoms with van der Waals surface area (Å²) in [6, 6.07) is 9.34. The van der Waals surface area contributed by atoms with E-state index in [4.69, 9.17) is 20.5 Å². The highest BCUT2D eigenvalue weighted by Crippen LogP contribution is 2.23. The summed E-state index contributed by atoms with van der Waals surface area (Å²) in [6.07, 6.45) is 0.702. The van der Waals surface area contributed by atoms with E-state index in [1.807, 2.05) is 24.0 Å². The Morgan fingerprint density at radius 2 is 1.89 bits per heavy atom. The van der Waals surface area contributed by atoms with Crippen LogP contribution in [0.5, 0.6) is 0 Å². The highest BCUT2D eigenvalue weighted by molar-refractivity contribution is 6.30. The molecular weight excluding hydrogens is 370 g/mol. The molecule has 1 aliphatic heterocycles. The molecule has 3 aromatic rings. The third-order valence-electron chi connectivity index (χ3n) is 4.45. The van der Waals surface area contributed by atoms with Crippen LogP contribution in [0, 0.1) is 0 Å². The molecule has 9 heteroatoms. The fourth-order valence-electron chi connectivity index (χ4n) is 2.90. The van der Waals surface area contributed by atoms with Gasteiger partial charge in [-0.15, -0.1) is 5.10 Å². The standard InChI is InChI=1S/C18H18ClN5O3/c1-2-16-20-21-18(26-16)24-9-7-23(8-10-24)17(25)14-11-15(27-22-14)12-3-5-13(19)6-4-12/h3-6,11H,2,7-10H2,1H3. The number of rotatable bonds is 4. The van der Waals surface area contributed by atoms with Gasteiger partial charge in [0.05, 0.1) is 0 Å². The van der Waals surface area contributed by atoms with Gasteiger partial charge in [-0.25, -0.2) is 0 Å². The number of piperazine rings is 1. The maximum atomic E-state index is 12.7. The van der Waals surface area contributed by atoms with Gasteiger partial charge in [0, 0.05) is 49.3 Å². The lowest BCUT2D eigenvalue weighted by Crippen LogP contribution is -2.49. The largest absolute Gasteiger partial charge is 0.408 e. The second-order valence-corrected chi connectivity index (χ2v) is 6.63. The molecular formula is C18H18ClN5O3. The summed E-state index contributed by atoms with van der Waals surface area (Å²) in [5, 5.41) is 12.6. The molecule has 0 bridgehead atoms. The molecule has 0 atom stereocenters. The molecule has 0 unspecified atom stereocenters. The monoisotopic (exact) mass is 387 g/mol. The number of halogens is 1. The van der Waals surface area contributed by atoms with Crippen LogP contribution in [0.25, 0.3) is 11.3 Å². The predicted molar refractivity (Wildman–Crippen MR) is 98.7 cm³/mol. The van der Waals surface area contributed by atoms with Crippen LogP contribution in [0.4, 0.5) is 6.01 Å². The Labute approximate surface area is 160 Å². The molecule has 1 fully saturated rings. The molecule has 4 rings (SSSR count). The van der Waals surface area contributed by atoms with Crippen LogP contribution in [0.15, 0.2) is 39.3 Å². The molecule has 27 heavy (non-hydrogen) atoms. The average molecular weight is 388 g/mol. The molecule has 140 valence electrons. The zero-order valence-corrected chi connectivity index (χ0v) is 15.5. The first-order valence-electron chi connectivity index (χ1n) is 8.73. The fraction of sp³-hybridized carbons (Fsp3) is 0.333. The second-order valence-electron chi connectivity index (χ2n) is 6.19. The lowest BCUT2D eigenvalue weighted by Gasteiger charge is -2.33. The lowest BCUT2D eigenvalue weighted by molar-refractivity contribution is 0.0734. The van der Waals surface area contributed by atoms with E-state index in [-0.39, 0.29) is 5.91 Å². The van der Waals surface area contributed by atoms with Crippen molar-refractivity contribution in [2.75, 3.05) is 31.1 Å². The minimum Gasteiger partial charge on any atom is -0.408 e. The van der Waals surface area contributed by atoms with Crippen LogP contribution < -0.4 is 4.90 Å². The first-order valence-corrected chi connectivity index (χ1v) is 9.11. The minimum atomic E-state index is -0.154. The van der Waals surface area contributed by atoms with Gasteiger partial charge in [-0.05, 0) is 24.3 Å². The molecule has 0 saturated carbocycles. The number of carbonyl (C=O) groups is 1. The highest BCUT2D eigenvalue weighted by Gasteiger charge is 2.26. The van der Waals surface area contributed by atoms with Crippen molar-refractivity contribution in [3.63, 3.8) is 0 Å². The van der Waals surface area contributed by atoms with Crippen molar-refractivity contribution >= 4 is 23.5 Å². The van der Waals surface area contributed by atoms with Crippen molar-refractivity contribution in [2.24, 2.45) is 0 Å². The van der Waals surface area contributed by atoms with Crippen molar-refractivity contribution in [1.82, 2.24) is 20.3 Å². The van der Waals surface area contributed by atoms with E-state index in [1.54, 1.807) is 23.1 Å². The van der Waals surface area contributed by atoms with E-state index in [0.29, 0.717) is 61.0 Å². The molecule has 8 nitrogen and oxygen atoms in total. The Hall–Kier alpha value is -2.87. The lowest BCUT2D eigenvalue weighted by atomic mass is 10.1. The molecule has 1 saturated heterocycles. The molecule has 0 aliphatic carbocycles. The van der Waals surface area contributed by atoms with E-state index in [2.05, 4.69) is 15.4 Å². The molecule has 3 heterocycles. The smallest absolute Gasteiger partial charge is 0.318 e. The van der Waals surface area contributed by atoms with E-state index in [1.165, 1.54) is 0 Å². The molecule has 2 aromatic heterocycles. The van der Waals surface area contributed by atoms with Crippen molar-refractivity contribution in [1.29, 1.82) is 0 Å². The molecule has 1 amide bonds. The van der Waals surface area contributed by atoms with Crippen molar-refractivity contribution in [2.45, 2.75) is 13.3 Å². The van der Waals surface area contributed by atoms with Crippen molar-refractivity contribution < 1.29 is 13.7 Å². The number of carbonyl (C=O) groups excluding carboxylic acids is 1. The summed E-state index contributed by atoms with van der Waals surface area (Å²) in [4.78, 5) is 16.4. The Morgan fingerprint density at radius 1 is 1.15 bits per heavy atom. The van der Waals surface area contributed by atoms with E-state index >= 15 is 0 Å². The van der Waals surface area contributed by atoms with Crippen LogP contribution >= 0.6 is 11.6 Å². The van der Waals surface area contributed by atoms with E-state index in [9.17, 15) is 4.79 Å². The summed E-state index contributed by atoms with van der Waals surface area (Å²) >= 11 is 5.90. The van der Waals surface area contributed by atoms with Gasteiger partial charge in [-0.1, -0.05) is 28.8 Å². The number of anilines is 1. The zero-order chi connectivity index (χ0) is 18.8. The summed E-state index contributed by atoms with van der Waals surface area (Å²) in [6.45, 7) is 4.31. The molecule has 1 aliphatic rings. The Balaban J connectivity index is 1.40. The summed E-state index contributed by atoms with van der Waals surface area (Å²) < 4.78 is 10.9. The van der Waals surface area contributed by atoms with Gasteiger partial charge in [0.1, 0.15) is 0 Å². The number of hydrogen-bond donors (Lipinski definition) is 0. The number of aromatic nitrogens is 3. The number of hydrogen-bond acceptors (Lipinski definition) is 7. The normalized spacial score (nSPS) is 14.6. The van der Waals surface area contributed by atoms with Gasteiger partial charge in [0.2, 0.25) is 5.89 Å². The van der Waals surface area contributed by atoms with Crippen LogP contribution in [0.3, 0.4) is 0 Å². The van der Waals surface area contributed by atoms with Gasteiger partial charge in [-0.3, -0.25) is 4.79 Å². The first-order chi connectivity index (χ1) is 13.1. The number of benzene rings is 1. The summed E-state index contributed by atoms with van der Waals surface area (Å²) in [7, 11) is 0. The van der Waals surface area contributed by atoms with Gasteiger partial charge >= 0.3 is 6.01 Å². The second kappa shape index (κ2) is 7.40. The maximum absolute atomic E-state index is 12.7. The van der Waals surface area contributed by atoms with Gasteiger partial charge in [0.25, 0.3) is 5.91 Å². The number of nitrogens with zero attached hydrogens (tertiary/aromatic N) is 5. The van der Waals surface area contributed by atoms with Crippen LogP contribution in [0.1, 0.15) is 23.3 Å². The van der Waals surface area contributed by atoms with Crippen LogP contribution in [-0.4, -0.2) is 52.3 Å². The first kappa shape index (κ1) is 17.5. The molecule has 0 N–H and O–H groups in total. The van der Waals surface area contributed by atoms with Crippen molar-refractivity contribution in [3.05, 3.63) is 46.9 Å². The number of aryl methyl sites for hydroxylation is 1. The summed E-state index contributed by atoms with van der Waals surface area (Å²) in [5.74, 6) is 0.992. The Morgan fingerprint density at radius 3 is 2.56 bits per heavy atom. The highest BCUT2D eigenvalue weighted by atomic mass is 35.5. The van der Waals surface area contributed by atoms with Gasteiger partial charge in [0.15, 0.2) is 11.5 Å². The quantitative estimate of drug-likeness (QED) is 0.680. The van der Waals surface area contributed by atoms with Crippen molar-refractivity contribution in [3.8, 4) is 11.3 Å². The number of amides is 1. The fourth-order valence-corrected chi connectivity index (χ4v) is 3.03. The topological polar surface area (TPSA) is 88.5 Å². The van der Waals surface area contributed by atoms with Gasteiger partial charge in [-0.2, -0.15) is 0 Å². The van der Waals surface area contributed by atoms with E-state index in [0.717, 1.165) is 5.56 Å². The average Bonchev–Trinajstić information content (AvgIpc) is 3.38. The van der Waals surface area contributed by atoms with Gasteiger partial charge < -0.3 is 18.7 Å². The maximum Gasteiger partial charge on any atom is 0.318 e. The SMILES string of the molecule is CCc1nnc(N2CCN(C(=O)c3cc(-c4ccc(Cl)cc4)on3)CC2)o1. The summed E-state index contributed by atoms with van der Waals surface area (Å²) in [5.41, 5.74) is 1.11. The predicted octanol–water partition coefficient (Wildman–Crippen LogP) is 2.90. The zero-order valence-electron chi connectivity index (χ0n) is 14.8. The minimum absolute atomic E-state index is 0.154. The third kappa shape index (κ3) is 3.66. The molecule has 0 radical (unpaired) electrons. The van der Waals surface area contributed by atoms with E-state index < -0.39 is 0 Å². The third-order valence-corrected chi connectivity index (χ3v) is 4.71. The Bertz CT molecular complexity index is 929. The van der Waals surface area contributed by atoms with Crippen LogP contribution in [-0.2, 0) is 6.42 Å². The molecule has 1 aromatic carbocycles. The Kier molecular flexibility index (Phi) is 4.81. The molecule has 0 spiro atoms.